The minimum atomic E-state index is -3.69. The maximum Gasteiger partial charge on any atom is 0.192 e. The number of carbonyl (C=O) groups is 1. The van der Waals surface area contributed by atoms with E-state index in [1.807, 2.05) is 6.08 Å². The molecule has 0 spiro atoms. The van der Waals surface area contributed by atoms with Gasteiger partial charge in [-0.05, 0) is 47.7 Å². The summed E-state index contributed by atoms with van der Waals surface area (Å²) in [4.78, 5) is 13.3. The summed E-state index contributed by atoms with van der Waals surface area (Å²) in [6, 6.07) is 8.35. The number of ketones is 1. The van der Waals surface area contributed by atoms with E-state index in [-0.39, 0.29) is 10.7 Å². The van der Waals surface area contributed by atoms with E-state index in [0.717, 1.165) is 35.6 Å². The topological polar surface area (TPSA) is 51.2 Å². The van der Waals surface area contributed by atoms with Gasteiger partial charge in [-0.15, -0.1) is 0 Å². The van der Waals surface area contributed by atoms with Gasteiger partial charge in [-0.3, -0.25) is 4.79 Å². The van der Waals surface area contributed by atoms with Crippen LogP contribution in [0.3, 0.4) is 0 Å². The van der Waals surface area contributed by atoms with Crippen molar-refractivity contribution in [1.82, 2.24) is 0 Å². The molecule has 0 heterocycles. The fourth-order valence-electron chi connectivity index (χ4n) is 3.64. The number of hydrogen-bond acceptors (Lipinski definition) is 3. The minimum absolute atomic E-state index is 0.170. The zero-order chi connectivity index (χ0) is 16.8. The Morgan fingerprint density at radius 1 is 1.09 bits per heavy atom. The molecular weight excluding hydrogens is 324 g/mol. The minimum Gasteiger partial charge on any atom is -0.293 e. The van der Waals surface area contributed by atoms with Gasteiger partial charge in [0, 0.05) is 0 Å². The van der Waals surface area contributed by atoms with Crippen LogP contribution in [0.15, 0.2) is 57.6 Å². The SMILES string of the molecule is C[Si](C)(C)C1=C2CCCC=C2C(S(=O)(=O)c2ccccc2)C1=O. The molecule has 0 saturated heterocycles. The van der Waals surface area contributed by atoms with Crippen LogP contribution in [0.25, 0.3) is 0 Å². The highest BCUT2D eigenvalue weighted by atomic mass is 32.2. The standard InChI is InChI=1S/C18H22O3SSi/c1-23(2,3)18-15-12-8-7-11-14(15)17(16(18)19)22(20,21)13-9-5-4-6-10-13/h4-6,9-11,17H,7-8,12H2,1-3H3. The van der Waals surface area contributed by atoms with Crippen molar-refractivity contribution in [3.05, 3.63) is 52.8 Å². The van der Waals surface area contributed by atoms with Crippen LogP contribution >= 0.6 is 0 Å². The van der Waals surface area contributed by atoms with E-state index < -0.39 is 23.2 Å². The van der Waals surface area contributed by atoms with Gasteiger partial charge in [0.1, 0.15) is 0 Å². The fourth-order valence-corrected chi connectivity index (χ4v) is 7.58. The van der Waals surface area contributed by atoms with Crippen LogP contribution in [-0.2, 0) is 14.6 Å². The lowest BCUT2D eigenvalue weighted by molar-refractivity contribution is -0.113. The first-order valence-electron chi connectivity index (χ1n) is 8.02. The number of benzene rings is 1. The van der Waals surface area contributed by atoms with Crippen molar-refractivity contribution >= 4 is 23.7 Å². The molecule has 1 atom stereocenters. The molecule has 5 heteroatoms. The van der Waals surface area contributed by atoms with E-state index in [4.69, 9.17) is 0 Å². The van der Waals surface area contributed by atoms with Crippen molar-refractivity contribution in [2.45, 2.75) is 49.0 Å². The molecule has 0 radical (unpaired) electrons. The Bertz CT molecular complexity index is 812. The number of hydrogen-bond donors (Lipinski definition) is 0. The molecule has 23 heavy (non-hydrogen) atoms. The first kappa shape index (κ1) is 16.4. The molecule has 0 amide bonds. The van der Waals surface area contributed by atoms with E-state index in [1.54, 1.807) is 30.3 Å². The molecule has 2 aliphatic rings. The van der Waals surface area contributed by atoms with E-state index in [0.29, 0.717) is 0 Å². The van der Waals surface area contributed by atoms with Crippen molar-refractivity contribution in [2.75, 3.05) is 0 Å². The molecule has 3 rings (SSSR count). The smallest absolute Gasteiger partial charge is 0.192 e. The van der Waals surface area contributed by atoms with Crippen LogP contribution < -0.4 is 0 Å². The van der Waals surface area contributed by atoms with Crippen LogP contribution in [0.2, 0.25) is 19.6 Å². The molecule has 0 fully saturated rings. The monoisotopic (exact) mass is 346 g/mol. The van der Waals surface area contributed by atoms with Crippen LogP contribution in [0.4, 0.5) is 0 Å². The zero-order valence-corrected chi connectivity index (χ0v) is 15.6. The Morgan fingerprint density at radius 2 is 1.74 bits per heavy atom. The van der Waals surface area contributed by atoms with Gasteiger partial charge in [0.2, 0.25) is 0 Å². The molecule has 122 valence electrons. The lowest BCUT2D eigenvalue weighted by atomic mass is 9.96. The Hall–Kier alpha value is -1.46. The predicted molar refractivity (Wildman–Crippen MR) is 94.7 cm³/mol. The van der Waals surface area contributed by atoms with Crippen molar-refractivity contribution in [1.29, 1.82) is 0 Å². The predicted octanol–water partition coefficient (Wildman–Crippen LogP) is 3.70. The van der Waals surface area contributed by atoms with Gasteiger partial charge < -0.3 is 0 Å². The highest BCUT2D eigenvalue weighted by Crippen LogP contribution is 2.44. The lowest BCUT2D eigenvalue weighted by Crippen LogP contribution is -2.35. The number of fused-ring (bicyclic) bond motifs is 1. The third-order valence-electron chi connectivity index (χ3n) is 4.54. The summed E-state index contributed by atoms with van der Waals surface area (Å²) in [5.41, 5.74) is 1.80. The van der Waals surface area contributed by atoms with Crippen molar-refractivity contribution < 1.29 is 13.2 Å². The van der Waals surface area contributed by atoms with Crippen LogP contribution in [0.5, 0.6) is 0 Å². The molecule has 0 bridgehead atoms. The maximum absolute atomic E-state index is 13.1. The average molecular weight is 347 g/mol. The Morgan fingerprint density at radius 3 is 2.35 bits per heavy atom. The maximum atomic E-state index is 13.1. The normalized spacial score (nSPS) is 22.1. The summed E-state index contributed by atoms with van der Waals surface area (Å²) in [7, 11) is -5.58. The number of allylic oxidation sites excluding steroid dienone is 3. The molecule has 0 aliphatic heterocycles. The van der Waals surface area contributed by atoms with Crippen molar-refractivity contribution in [2.24, 2.45) is 0 Å². The number of rotatable bonds is 3. The van der Waals surface area contributed by atoms with E-state index >= 15 is 0 Å². The molecule has 0 aromatic heterocycles. The summed E-state index contributed by atoms with van der Waals surface area (Å²) < 4.78 is 26.2. The Labute approximate surface area is 139 Å². The van der Waals surface area contributed by atoms with Crippen LogP contribution in [-0.4, -0.2) is 27.5 Å². The van der Waals surface area contributed by atoms with Gasteiger partial charge in [0.05, 0.1) is 13.0 Å². The summed E-state index contributed by atoms with van der Waals surface area (Å²) in [6.07, 6.45) is 4.66. The summed E-state index contributed by atoms with van der Waals surface area (Å²) in [5, 5.41) is -0.185. The van der Waals surface area contributed by atoms with Crippen LogP contribution in [0, 0.1) is 0 Å². The third-order valence-corrected chi connectivity index (χ3v) is 8.61. The lowest BCUT2D eigenvalue weighted by Gasteiger charge is -2.20. The highest BCUT2D eigenvalue weighted by Gasteiger charge is 2.49. The second-order valence-electron chi connectivity index (χ2n) is 7.26. The number of sulfone groups is 1. The molecular formula is C18H22O3SSi. The highest BCUT2D eigenvalue weighted by molar-refractivity contribution is 7.93. The molecule has 1 aromatic carbocycles. The average Bonchev–Trinajstić information content (AvgIpc) is 2.80. The van der Waals surface area contributed by atoms with Gasteiger partial charge >= 0.3 is 0 Å². The molecule has 2 aliphatic carbocycles. The molecule has 0 saturated carbocycles. The van der Waals surface area contributed by atoms with Crippen LogP contribution in [0.1, 0.15) is 19.3 Å². The quantitative estimate of drug-likeness (QED) is 0.784. The zero-order valence-electron chi connectivity index (χ0n) is 13.8. The Kier molecular flexibility index (Phi) is 3.97. The first-order valence-corrected chi connectivity index (χ1v) is 13.1. The summed E-state index contributed by atoms with van der Waals surface area (Å²) >= 11 is 0. The van der Waals surface area contributed by atoms with E-state index in [1.165, 1.54) is 0 Å². The number of carbonyl (C=O) groups excluding carboxylic acids is 1. The fraction of sp³-hybridized carbons (Fsp3) is 0.389. The van der Waals surface area contributed by atoms with Gasteiger partial charge in [0.15, 0.2) is 20.9 Å². The molecule has 1 unspecified atom stereocenters. The van der Waals surface area contributed by atoms with Crippen molar-refractivity contribution in [3.63, 3.8) is 0 Å². The second-order valence-corrected chi connectivity index (χ2v) is 14.3. The van der Waals surface area contributed by atoms with E-state index in [2.05, 4.69) is 19.6 Å². The first-order chi connectivity index (χ1) is 10.7. The Balaban J connectivity index is 2.17. The summed E-state index contributed by atoms with van der Waals surface area (Å²) in [6.45, 7) is 6.37. The second kappa shape index (κ2) is 5.56. The van der Waals surface area contributed by atoms with Gasteiger partial charge in [-0.1, -0.05) is 43.9 Å². The van der Waals surface area contributed by atoms with Gasteiger partial charge in [-0.25, -0.2) is 8.42 Å². The van der Waals surface area contributed by atoms with Gasteiger partial charge in [-0.2, -0.15) is 0 Å². The largest absolute Gasteiger partial charge is 0.293 e. The summed E-state index contributed by atoms with van der Waals surface area (Å²) in [5.74, 6) is -0.170. The third kappa shape index (κ3) is 2.66. The van der Waals surface area contributed by atoms with Gasteiger partial charge in [0.25, 0.3) is 0 Å². The molecule has 3 nitrogen and oxygen atoms in total. The number of Topliss-reactive ketones (excluding diaryl/α,β-unsaturated/α-hetero) is 1. The molecule has 1 aromatic rings. The molecule has 0 N–H and O–H groups in total. The van der Waals surface area contributed by atoms with E-state index in [9.17, 15) is 13.2 Å². The van der Waals surface area contributed by atoms with Crippen molar-refractivity contribution in [3.8, 4) is 0 Å².